The molecule has 0 bridgehead atoms. The molecule has 0 radical (unpaired) electrons. The van der Waals surface area contributed by atoms with Crippen LogP contribution in [0.4, 0.5) is 11.4 Å². The largest absolute Gasteiger partial charge is 0.348 e. The van der Waals surface area contributed by atoms with Crippen molar-refractivity contribution in [1.82, 2.24) is 5.32 Å². The summed E-state index contributed by atoms with van der Waals surface area (Å²) >= 11 is 5.71. The summed E-state index contributed by atoms with van der Waals surface area (Å²) in [4.78, 5) is 32.1. The summed E-state index contributed by atoms with van der Waals surface area (Å²) < 4.78 is 0. The second-order valence-electron chi connectivity index (χ2n) is 4.94. The summed E-state index contributed by atoms with van der Waals surface area (Å²) in [6.45, 7) is 0.196. The van der Waals surface area contributed by atoms with Gasteiger partial charge in [-0.05, 0) is 23.3 Å². The standard InChI is InChI=1S/C16H12ClN3O5/c17-14-7-3-11(9-15(14)20(24)25)4-8-16(21)18-10-12-1-5-13(6-2-12)19(22)23/h1-9H,10H2,(H,18,21)/b8-4+. The van der Waals surface area contributed by atoms with E-state index in [1.807, 2.05) is 0 Å². The van der Waals surface area contributed by atoms with Crippen LogP contribution in [0.1, 0.15) is 11.1 Å². The number of rotatable bonds is 6. The predicted octanol–water partition coefficient (Wildman–Crippen LogP) is 3.49. The third-order valence-corrected chi connectivity index (χ3v) is 3.53. The molecule has 128 valence electrons. The van der Waals surface area contributed by atoms with Crippen molar-refractivity contribution >= 4 is 35.0 Å². The summed E-state index contributed by atoms with van der Waals surface area (Å²) in [5.74, 6) is -0.407. The fourth-order valence-electron chi connectivity index (χ4n) is 1.93. The Bertz CT molecular complexity index is 849. The van der Waals surface area contributed by atoms with Crippen molar-refractivity contribution in [3.05, 3.63) is 84.9 Å². The Labute approximate surface area is 147 Å². The van der Waals surface area contributed by atoms with Gasteiger partial charge >= 0.3 is 0 Å². The first-order chi connectivity index (χ1) is 11.9. The Hall–Kier alpha value is -3.26. The van der Waals surface area contributed by atoms with Crippen LogP contribution in [0.15, 0.2) is 48.5 Å². The van der Waals surface area contributed by atoms with E-state index < -0.39 is 15.8 Å². The molecule has 25 heavy (non-hydrogen) atoms. The third kappa shape index (κ3) is 5.11. The van der Waals surface area contributed by atoms with E-state index in [4.69, 9.17) is 11.6 Å². The lowest BCUT2D eigenvalue weighted by Crippen LogP contribution is -2.20. The lowest BCUT2D eigenvalue weighted by molar-refractivity contribution is -0.385. The average Bonchev–Trinajstić information content (AvgIpc) is 2.59. The van der Waals surface area contributed by atoms with Crippen LogP contribution in [-0.4, -0.2) is 15.8 Å². The normalized spacial score (nSPS) is 10.6. The molecule has 0 aliphatic heterocycles. The summed E-state index contributed by atoms with van der Waals surface area (Å²) in [5, 5.41) is 24.0. The van der Waals surface area contributed by atoms with E-state index in [0.717, 1.165) is 0 Å². The maximum absolute atomic E-state index is 11.8. The van der Waals surface area contributed by atoms with Gasteiger partial charge in [-0.1, -0.05) is 29.8 Å². The average molecular weight is 362 g/mol. The zero-order valence-electron chi connectivity index (χ0n) is 12.7. The Morgan fingerprint density at radius 2 is 1.76 bits per heavy atom. The molecule has 1 amide bonds. The molecule has 8 nitrogen and oxygen atoms in total. The van der Waals surface area contributed by atoms with Crippen molar-refractivity contribution in [1.29, 1.82) is 0 Å². The molecule has 0 aliphatic rings. The molecule has 2 rings (SSSR count). The number of nitro benzene ring substituents is 2. The predicted molar refractivity (Wildman–Crippen MR) is 92.1 cm³/mol. The van der Waals surface area contributed by atoms with Crippen molar-refractivity contribution in [2.75, 3.05) is 0 Å². The monoisotopic (exact) mass is 361 g/mol. The molecule has 2 aromatic carbocycles. The molecule has 0 saturated carbocycles. The quantitative estimate of drug-likeness (QED) is 0.480. The van der Waals surface area contributed by atoms with E-state index in [9.17, 15) is 25.0 Å². The van der Waals surface area contributed by atoms with Crippen LogP contribution in [0.3, 0.4) is 0 Å². The molecular weight excluding hydrogens is 350 g/mol. The number of carbonyl (C=O) groups is 1. The molecule has 0 aromatic heterocycles. The summed E-state index contributed by atoms with van der Waals surface area (Å²) in [5.41, 5.74) is 0.894. The van der Waals surface area contributed by atoms with E-state index >= 15 is 0 Å². The highest BCUT2D eigenvalue weighted by molar-refractivity contribution is 6.32. The van der Waals surface area contributed by atoms with Crippen LogP contribution in [0.25, 0.3) is 6.08 Å². The Balaban J connectivity index is 1.95. The molecule has 9 heteroatoms. The van der Waals surface area contributed by atoms with Gasteiger partial charge in [0.15, 0.2) is 0 Å². The van der Waals surface area contributed by atoms with Gasteiger partial charge in [0, 0.05) is 30.8 Å². The number of carbonyl (C=O) groups excluding carboxylic acids is 1. The SMILES string of the molecule is O=C(/C=C/c1ccc(Cl)c([N+](=O)[O-])c1)NCc1ccc([N+](=O)[O-])cc1. The summed E-state index contributed by atoms with van der Waals surface area (Å²) in [6, 6.07) is 10.00. The Morgan fingerprint density at radius 1 is 1.08 bits per heavy atom. The number of halogens is 1. The summed E-state index contributed by atoms with van der Waals surface area (Å²) in [7, 11) is 0. The number of benzene rings is 2. The highest BCUT2D eigenvalue weighted by atomic mass is 35.5. The number of nitrogens with one attached hydrogen (secondary N) is 1. The summed E-state index contributed by atoms with van der Waals surface area (Å²) in [6.07, 6.45) is 2.66. The van der Waals surface area contributed by atoms with E-state index in [2.05, 4.69) is 5.32 Å². The van der Waals surface area contributed by atoms with Crippen molar-refractivity contribution in [2.24, 2.45) is 0 Å². The Morgan fingerprint density at radius 3 is 2.36 bits per heavy atom. The van der Waals surface area contributed by atoms with Crippen LogP contribution in [0.2, 0.25) is 5.02 Å². The van der Waals surface area contributed by atoms with Crippen molar-refractivity contribution < 1.29 is 14.6 Å². The van der Waals surface area contributed by atoms with Gasteiger partial charge in [-0.15, -0.1) is 0 Å². The topological polar surface area (TPSA) is 115 Å². The lowest BCUT2D eigenvalue weighted by Gasteiger charge is -2.02. The minimum absolute atomic E-state index is 0.0183. The number of amides is 1. The molecule has 0 unspecified atom stereocenters. The van der Waals surface area contributed by atoms with E-state index in [1.54, 1.807) is 18.2 Å². The molecule has 1 N–H and O–H groups in total. The molecule has 0 spiro atoms. The second-order valence-corrected chi connectivity index (χ2v) is 5.35. The van der Waals surface area contributed by atoms with Gasteiger partial charge in [0.1, 0.15) is 5.02 Å². The molecule has 0 aliphatic carbocycles. The van der Waals surface area contributed by atoms with Crippen molar-refractivity contribution in [3.63, 3.8) is 0 Å². The number of hydrogen-bond acceptors (Lipinski definition) is 5. The molecule has 0 heterocycles. The zero-order valence-corrected chi connectivity index (χ0v) is 13.5. The molecule has 0 atom stereocenters. The highest BCUT2D eigenvalue weighted by Gasteiger charge is 2.11. The molecule has 0 fully saturated rings. The van der Waals surface area contributed by atoms with Crippen LogP contribution in [0, 0.1) is 20.2 Å². The van der Waals surface area contributed by atoms with Gasteiger partial charge in [-0.25, -0.2) is 0 Å². The zero-order chi connectivity index (χ0) is 18.4. The molecule has 2 aromatic rings. The van der Waals surface area contributed by atoms with Gasteiger partial charge in [0.25, 0.3) is 11.4 Å². The number of hydrogen-bond donors (Lipinski definition) is 1. The van der Waals surface area contributed by atoms with Gasteiger partial charge in [-0.2, -0.15) is 0 Å². The van der Waals surface area contributed by atoms with Crippen LogP contribution in [-0.2, 0) is 11.3 Å². The minimum atomic E-state index is -0.603. The van der Waals surface area contributed by atoms with Gasteiger partial charge in [0.2, 0.25) is 5.91 Å². The van der Waals surface area contributed by atoms with Gasteiger partial charge in [0.05, 0.1) is 9.85 Å². The van der Waals surface area contributed by atoms with Crippen molar-refractivity contribution in [3.8, 4) is 0 Å². The van der Waals surface area contributed by atoms with Crippen LogP contribution >= 0.6 is 11.6 Å². The first-order valence-corrected chi connectivity index (χ1v) is 7.38. The fourth-order valence-corrected chi connectivity index (χ4v) is 2.12. The van der Waals surface area contributed by atoms with E-state index in [0.29, 0.717) is 11.1 Å². The first-order valence-electron chi connectivity index (χ1n) is 7.00. The van der Waals surface area contributed by atoms with Crippen molar-refractivity contribution in [2.45, 2.75) is 6.54 Å². The number of non-ortho nitro benzene ring substituents is 1. The molecule has 0 saturated heterocycles. The fraction of sp³-hybridized carbons (Fsp3) is 0.0625. The smallest absolute Gasteiger partial charge is 0.288 e. The minimum Gasteiger partial charge on any atom is -0.348 e. The van der Waals surface area contributed by atoms with E-state index in [-0.39, 0.29) is 22.9 Å². The molecular formula is C16H12ClN3O5. The first kappa shape index (κ1) is 18.1. The lowest BCUT2D eigenvalue weighted by atomic mass is 10.2. The number of nitrogens with zero attached hydrogens (tertiary/aromatic N) is 2. The van der Waals surface area contributed by atoms with Gasteiger partial charge in [-0.3, -0.25) is 25.0 Å². The van der Waals surface area contributed by atoms with E-state index in [1.165, 1.54) is 36.4 Å². The third-order valence-electron chi connectivity index (χ3n) is 3.21. The van der Waals surface area contributed by atoms with Crippen LogP contribution in [0.5, 0.6) is 0 Å². The number of nitro groups is 2. The van der Waals surface area contributed by atoms with Crippen LogP contribution < -0.4 is 5.32 Å². The Kier molecular flexibility index (Phi) is 5.80. The highest BCUT2D eigenvalue weighted by Crippen LogP contribution is 2.25. The maximum atomic E-state index is 11.8. The maximum Gasteiger partial charge on any atom is 0.288 e. The second kappa shape index (κ2) is 8.02. The van der Waals surface area contributed by atoms with Gasteiger partial charge < -0.3 is 5.32 Å².